The summed E-state index contributed by atoms with van der Waals surface area (Å²) in [6.45, 7) is -7.61. The van der Waals surface area contributed by atoms with Gasteiger partial charge in [0.2, 0.25) is 0 Å². The normalized spacial score (nSPS) is 46.5. The van der Waals surface area contributed by atoms with Crippen molar-refractivity contribution >= 4 is 5.78 Å². The van der Waals surface area contributed by atoms with Gasteiger partial charge in [0.15, 0.2) is 11.5 Å². The van der Waals surface area contributed by atoms with Gasteiger partial charge < -0.3 is 14.6 Å². The summed E-state index contributed by atoms with van der Waals surface area (Å²) < 4.78 is 132. The minimum Gasteiger partial charge on any atom is -0.493 e. The molecule has 2 heterocycles. The van der Waals surface area contributed by atoms with E-state index in [-0.39, 0.29) is 5.75 Å². The summed E-state index contributed by atoms with van der Waals surface area (Å²) in [6.07, 6.45) is -10.1. The minimum atomic E-state index is -3.71. The maximum Gasteiger partial charge on any atom is 0.161 e. The van der Waals surface area contributed by atoms with Gasteiger partial charge in [-0.05, 0) is 49.8 Å². The van der Waals surface area contributed by atoms with Crippen LogP contribution in [0.3, 0.4) is 0 Å². The third-order valence-electron chi connectivity index (χ3n) is 3.65. The van der Waals surface area contributed by atoms with E-state index in [2.05, 4.69) is 0 Å². The summed E-state index contributed by atoms with van der Waals surface area (Å²) in [6, 6.07) is -0.260. The van der Waals surface area contributed by atoms with Crippen LogP contribution in [0.5, 0.6) is 11.5 Å². The van der Waals surface area contributed by atoms with Gasteiger partial charge >= 0.3 is 0 Å². The van der Waals surface area contributed by atoms with Gasteiger partial charge in [0.05, 0.1) is 23.9 Å². The molecular weight excluding hydrogens is 306 g/mol. The number of ether oxygens (including phenoxy) is 2. The molecule has 0 radical (unpaired) electrons. The predicted molar refractivity (Wildman–Crippen MR) is 91.6 cm³/mol. The Morgan fingerprint density at radius 3 is 3.04 bits per heavy atom. The molecule has 1 aromatic carbocycles. The Labute approximate surface area is 164 Å². The number of piperidine rings is 1. The highest BCUT2D eigenvalue weighted by Crippen LogP contribution is 2.42. The Morgan fingerprint density at radius 1 is 1.54 bits per heavy atom. The van der Waals surface area contributed by atoms with Gasteiger partial charge in [-0.25, -0.2) is 0 Å². The fraction of sp³-hybridized carbons (Fsp3) is 0.632. The summed E-state index contributed by atoms with van der Waals surface area (Å²) in [7, 11) is -1.94. The van der Waals surface area contributed by atoms with E-state index in [1.54, 1.807) is 0 Å². The molecule has 0 aliphatic carbocycles. The highest BCUT2D eigenvalue weighted by molar-refractivity contribution is 5.83. The number of Topliss-reactive ketones (excluding diaryl/α,β-unsaturated/α-hetero) is 1. The zero-order valence-corrected chi connectivity index (χ0v) is 13.1. The zero-order valence-electron chi connectivity index (χ0n) is 28.1. The first-order valence-electron chi connectivity index (χ1n) is 14.6. The Bertz CT molecular complexity index is 1180. The molecule has 1 unspecified atom stereocenters. The molecule has 0 bridgehead atoms. The molecule has 5 heteroatoms. The van der Waals surface area contributed by atoms with Crippen LogP contribution in [0, 0.1) is 5.89 Å². The van der Waals surface area contributed by atoms with E-state index < -0.39 is 86.2 Å². The van der Waals surface area contributed by atoms with Crippen molar-refractivity contribution in [3.63, 3.8) is 0 Å². The first-order valence-corrected chi connectivity index (χ1v) is 7.08. The Hall–Kier alpha value is -1.59. The third kappa shape index (κ3) is 3.28. The molecule has 5 nitrogen and oxygen atoms in total. The molecule has 0 spiro atoms. The lowest BCUT2D eigenvalue weighted by Crippen LogP contribution is -2.47. The summed E-state index contributed by atoms with van der Waals surface area (Å²) >= 11 is 0. The number of methoxy groups -OCH3 is 2. The highest BCUT2D eigenvalue weighted by atomic mass is 16.5. The second kappa shape index (κ2) is 6.37. The molecule has 0 aromatic heterocycles. The second-order valence-corrected chi connectivity index (χ2v) is 5.61. The van der Waals surface area contributed by atoms with E-state index in [0.717, 1.165) is 19.2 Å². The number of nitrogens with zero attached hydrogens (tertiary/aromatic N) is 1. The molecule has 1 aromatic rings. The quantitative estimate of drug-likeness (QED) is 0.905. The molecule has 3 atom stereocenters. The van der Waals surface area contributed by atoms with Crippen LogP contribution in [-0.4, -0.2) is 48.6 Å². The Balaban J connectivity index is 2.36. The molecule has 1 N–H and O–H groups in total. The summed E-state index contributed by atoms with van der Waals surface area (Å²) in [5.41, 5.74) is -4.35. The number of ketones is 1. The summed E-state index contributed by atoms with van der Waals surface area (Å²) in [5, 5.41) is 10.7. The third-order valence-corrected chi connectivity index (χ3v) is 3.65. The number of aryl methyl sites for hydroxylation is 1. The van der Waals surface area contributed by atoms with Crippen molar-refractivity contribution in [1.82, 2.24) is 4.90 Å². The van der Waals surface area contributed by atoms with Crippen molar-refractivity contribution in [2.75, 3.05) is 27.2 Å². The lowest BCUT2D eigenvalue weighted by atomic mass is 9.79. The first kappa shape index (κ1) is 6.61. The Kier molecular flexibility index (Phi) is 1.76. The van der Waals surface area contributed by atoms with Crippen molar-refractivity contribution in [3.8, 4) is 11.5 Å². The van der Waals surface area contributed by atoms with Gasteiger partial charge in [-0.15, -0.1) is 0 Å². The minimum absolute atomic E-state index is 0.333. The SMILES string of the molecule is [2H]C([2H])([2H])Oc1cc2c(cc1OC)C([2H])([2H])C([2H])([2H])N1C[C@]([2H])(C([2H])([2H])C(C)(O)C([2H])([2H])[2H])C(=O)C([2H])([2H])[C@@H]21. The topological polar surface area (TPSA) is 59.0 Å². The van der Waals surface area contributed by atoms with Gasteiger partial charge in [-0.3, -0.25) is 9.69 Å². The monoisotopic (exact) mass is 348 g/mol. The van der Waals surface area contributed by atoms with E-state index in [1.807, 2.05) is 0 Å². The van der Waals surface area contributed by atoms with Crippen molar-refractivity contribution in [1.29, 1.82) is 0 Å². The number of hydrogen-bond donors (Lipinski definition) is 1. The molecule has 1 saturated heterocycles. The number of carbonyl (C=O) groups excluding carboxylic acids is 1. The van der Waals surface area contributed by atoms with Gasteiger partial charge in [-0.2, -0.15) is 0 Å². The number of rotatable bonds is 4. The van der Waals surface area contributed by atoms with Gasteiger partial charge in [0, 0.05) is 47.8 Å². The van der Waals surface area contributed by atoms with E-state index in [9.17, 15) is 9.90 Å². The van der Waals surface area contributed by atoms with Crippen molar-refractivity contribution < 1.29 is 39.9 Å². The molecule has 1 fully saturated rings. The number of aliphatic hydroxyl groups is 1. The van der Waals surface area contributed by atoms with Crippen molar-refractivity contribution in [2.24, 2.45) is 5.89 Å². The van der Waals surface area contributed by atoms with E-state index in [0.29, 0.717) is 11.8 Å². The molecule has 132 valence electrons. The highest BCUT2D eigenvalue weighted by Gasteiger charge is 2.40. The Morgan fingerprint density at radius 2 is 2.33 bits per heavy atom. The van der Waals surface area contributed by atoms with Crippen LogP contribution in [0.25, 0.3) is 0 Å². The fourth-order valence-corrected chi connectivity index (χ4v) is 2.64. The standard InChI is InChI=1S/C19H27NO4/c1-19(2,22)10-13-11-20-6-5-12-7-17(23-3)18(24-4)8-14(12)15(20)9-16(13)21/h7-8,13,15,22H,5-6,9-11H2,1-4H3/t13-,15-/m0/s1/i1D3,4D3,5D2,6D2,9D2,10D2,13D/t13-,15-,19?. The maximum atomic E-state index is 13.6. The molecule has 2 aliphatic heterocycles. The van der Waals surface area contributed by atoms with Crippen LogP contribution in [-0.2, 0) is 11.2 Å². The molecule has 2 aliphatic rings. The largest absolute Gasteiger partial charge is 0.493 e. The molecule has 0 saturated carbocycles. The average Bonchev–Trinajstić information content (AvgIpc) is 2.73. The summed E-state index contributed by atoms with van der Waals surface area (Å²) in [5.74, 6) is -6.12. The maximum absolute atomic E-state index is 13.6. The van der Waals surface area contributed by atoms with E-state index in [4.69, 9.17) is 30.0 Å². The number of fused-ring (bicyclic) bond motifs is 3. The van der Waals surface area contributed by atoms with Crippen LogP contribution in [0.4, 0.5) is 0 Å². The lowest BCUT2D eigenvalue weighted by Gasteiger charge is -2.44. The van der Waals surface area contributed by atoms with E-state index in [1.165, 1.54) is 0 Å². The summed E-state index contributed by atoms with van der Waals surface area (Å²) in [4.78, 5) is 14.0. The van der Waals surface area contributed by atoms with Gasteiger partial charge in [-0.1, -0.05) is 0 Å². The molecule has 24 heavy (non-hydrogen) atoms. The predicted octanol–water partition coefficient (Wildman–Crippen LogP) is 2.35. The van der Waals surface area contributed by atoms with Gasteiger partial charge in [0.1, 0.15) is 5.78 Å². The molecule has 0 amide bonds. The van der Waals surface area contributed by atoms with Crippen LogP contribution >= 0.6 is 0 Å². The smallest absolute Gasteiger partial charge is 0.161 e. The number of benzene rings is 1. The zero-order chi connectivity index (χ0) is 30.6. The van der Waals surface area contributed by atoms with Crippen LogP contribution in [0.1, 0.15) is 64.3 Å². The first-order chi connectivity index (χ1) is 17.1. The average molecular weight is 349 g/mol. The van der Waals surface area contributed by atoms with Crippen LogP contribution in [0.15, 0.2) is 12.1 Å². The number of carbonyl (C=O) groups is 1. The van der Waals surface area contributed by atoms with Gasteiger partial charge in [0.25, 0.3) is 0 Å². The fourth-order valence-electron chi connectivity index (χ4n) is 2.64. The van der Waals surface area contributed by atoms with E-state index >= 15 is 0 Å². The lowest BCUT2D eigenvalue weighted by molar-refractivity contribution is -0.131. The molecule has 3 rings (SSSR count). The van der Waals surface area contributed by atoms with Crippen LogP contribution < -0.4 is 9.47 Å². The van der Waals surface area contributed by atoms with Crippen molar-refractivity contribution in [3.05, 3.63) is 23.3 Å². The number of hydrogen-bond acceptors (Lipinski definition) is 5. The second-order valence-electron chi connectivity index (χ2n) is 5.61. The molecular formula is C19H27NO4. The van der Waals surface area contributed by atoms with Crippen LogP contribution in [0.2, 0.25) is 0 Å². The van der Waals surface area contributed by atoms with Crippen molar-refractivity contribution in [2.45, 2.75) is 44.5 Å².